The average Bonchev–Trinajstić information content (AvgIpc) is 2.07. The van der Waals surface area contributed by atoms with Crippen molar-refractivity contribution >= 4 is 112 Å². The van der Waals surface area contributed by atoms with E-state index in [-0.39, 0.29) is 129 Å². The Balaban J connectivity index is 0.000000741. The van der Waals surface area contributed by atoms with E-state index in [1.54, 1.807) is 7.11 Å². The fraction of sp³-hybridized carbons (Fsp3) is 0.557. The van der Waals surface area contributed by atoms with Gasteiger partial charge in [-0.3, -0.25) is 43.6 Å². The second-order valence-corrected chi connectivity index (χ2v) is 35.4. The number of hydrogen-bond donors (Lipinski definition) is 3. The molecule has 3 N–H and O–H groups in total. The average molecular weight is 1840 g/mol. The van der Waals surface area contributed by atoms with Crippen LogP contribution in [0.4, 0.5) is 43.9 Å². The number of carboxylic acid groups (broad SMARTS) is 1. The van der Waals surface area contributed by atoms with E-state index < -0.39 is 160 Å². The van der Waals surface area contributed by atoms with E-state index in [1.165, 1.54) is 99.7 Å². The number of hydrogen-bond acceptors (Lipinski definition) is 20. The lowest BCUT2D eigenvalue weighted by atomic mass is 9.88. The fourth-order valence-corrected chi connectivity index (χ4v) is 16.1. The molecule has 0 amide bonds. The number of aliphatic carboxylic acids is 1. The van der Waals surface area contributed by atoms with Gasteiger partial charge in [0, 0.05) is 171 Å². The highest BCUT2D eigenvalue weighted by Gasteiger charge is 2.50. The number of benzene rings is 5. The topological polar surface area (TPSA) is 264 Å². The molecule has 5 aromatic carbocycles. The van der Waals surface area contributed by atoms with Crippen LogP contribution < -0.4 is 10.6 Å². The molecule has 40 heteroatoms. The van der Waals surface area contributed by atoms with Crippen LogP contribution in [-0.4, -0.2) is 250 Å². The molecule has 5 heterocycles. The number of likely N-dealkylation sites (N-methyl/N-ethyl adjacent to an activating group) is 2. The van der Waals surface area contributed by atoms with Gasteiger partial charge in [0.1, 0.15) is 63.9 Å². The summed E-state index contributed by atoms with van der Waals surface area (Å²) in [5.74, 6) is -14.4. The van der Waals surface area contributed by atoms with E-state index in [0.29, 0.717) is 69.0 Å². The molecule has 10 rings (SSSR count). The minimum Gasteiger partial charge on any atom is -0.481 e. The number of nitrogens with one attached hydrogen (secondary N) is 2. The van der Waals surface area contributed by atoms with Gasteiger partial charge < -0.3 is 39.4 Å². The van der Waals surface area contributed by atoms with E-state index in [2.05, 4.69) is 20.3 Å². The number of likely N-dealkylation sites (tertiary alicyclic amines) is 4. The van der Waals surface area contributed by atoms with Crippen molar-refractivity contribution in [1.29, 1.82) is 0 Å². The number of halogens is 15. The summed E-state index contributed by atoms with van der Waals surface area (Å²) in [5, 5.41) is 15.7. The zero-order valence-corrected chi connectivity index (χ0v) is 75.1. The molecule has 674 valence electrons. The van der Waals surface area contributed by atoms with Crippen molar-refractivity contribution in [2.45, 2.75) is 107 Å². The standard InChI is InChI=1S/C18H26F2N2O4S.C17H24F2N2O4S.C16H22F2N2O2.C16H21F2NO3.C12H13F2NO2.5ClH/c1-18(2,11-21(3)27(5,24)25)22-9-14(15(10-22)17(23)26-4)13-7-6-12(19)8-16(13)20;1-17(2,10-20(3)26(4,24)25)21-8-13(14(9-21)16(22)23)12-6-5-11(18)7-15(12)19;1-16(2,19-3)20-8-12(13(9-20)15(21)22-4)11-6-5-10(17)7-14(11)18;1-16(2,22-4)19-8-12(13(9-19)15(20)21-3)11-6-5-10(17)7-14(11)18;1-17-12(16)10-6-15-5-9(10)8-3-2-7(13)4-11(8)14;;;;;/h6-8,14-15H,9-11H2,1-5H3;5-7,13-14H,8-10H2,1-4H3,(H,22,23);5-7,12-13,19H,8-9H2,1-4H3;5-7,12-13H,8-9H2,1-4H3;2-4,9-10,15H,5-6H2,1H3;5*1H/t14-,15+;13-,14+;2*12-,13+;9-,10+;;;;;/m00000...../s1. The molecular formula is C79H111Cl5F10N8O15S2. The Labute approximate surface area is 721 Å². The van der Waals surface area contributed by atoms with Crippen LogP contribution in [0.3, 0.4) is 0 Å². The molecule has 5 saturated heterocycles. The third kappa shape index (κ3) is 28.6. The molecule has 0 aliphatic carbocycles. The molecule has 0 aromatic heterocycles. The molecule has 119 heavy (non-hydrogen) atoms. The molecule has 5 aliphatic heterocycles. The maximum absolute atomic E-state index is 14.3. The van der Waals surface area contributed by atoms with E-state index in [4.69, 9.17) is 18.9 Å². The van der Waals surface area contributed by atoms with Crippen molar-refractivity contribution in [3.8, 4) is 0 Å². The van der Waals surface area contributed by atoms with Gasteiger partial charge in [0.25, 0.3) is 0 Å². The predicted molar refractivity (Wildman–Crippen MR) is 441 cm³/mol. The Morgan fingerprint density at radius 2 is 0.664 bits per heavy atom. The van der Waals surface area contributed by atoms with Gasteiger partial charge in [-0.15, -0.1) is 62.0 Å². The highest BCUT2D eigenvalue weighted by atomic mass is 35.5. The van der Waals surface area contributed by atoms with Gasteiger partial charge in [-0.25, -0.2) is 69.4 Å². The van der Waals surface area contributed by atoms with Crippen molar-refractivity contribution in [2.24, 2.45) is 29.6 Å². The van der Waals surface area contributed by atoms with Crippen molar-refractivity contribution in [2.75, 3.05) is 148 Å². The Morgan fingerprint density at radius 3 is 0.933 bits per heavy atom. The van der Waals surface area contributed by atoms with Crippen molar-refractivity contribution in [3.63, 3.8) is 0 Å². The van der Waals surface area contributed by atoms with Crippen LogP contribution in [0.2, 0.25) is 0 Å². The first-order chi connectivity index (χ1) is 52.9. The third-order valence-electron chi connectivity index (χ3n) is 22.4. The van der Waals surface area contributed by atoms with Crippen molar-refractivity contribution in [1.82, 2.24) is 38.8 Å². The number of rotatable bonds is 22. The highest BCUT2D eigenvalue weighted by molar-refractivity contribution is 7.88. The van der Waals surface area contributed by atoms with Crippen molar-refractivity contribution in [3.05, 3.63) is 177 Å². The molecule has 10 atom stereocenters. The number of sulfonamides is 2. The Bertz CT molecular complexity index is 4370. The minimum absolute atomic E-state index is 0. The van der Waals surface area contributed by atoms with Crippen LogP contribution in [-0.2, 0) is 67.7 Å². The van der Waals surface area contributed by atoms with Gasteiger partial charge in [-0.2, -0.15) is 0 Å². The Hall–Kier alpha value is -6.26. The lowest BCUT2D eigenvalue weighted by molar-refractivity contribution is -0.147. The fourth-order valence-electron chi connectivity index (χ4n) is 15.0. The van der Waals surface area contributed by atoms with Gasteiger partial charge in [0.05, 0.1) is 76.2 Å². The number of nitrogens with zero attached hydrogens (tertiary/aromatic N) is 6. The molecule has 0 bridgehead atoms. The largest absolute Gasteiger partial charge is 0.481 e. The van der Waals surface area contributed by atoms with Crippen LogP contribution in [0.5, 0.6) is 0 Å². The maximum atomic E-state index is 14.3. The van der Waals surface area contributed by atoms with Crippen LogP contribution in [0.15, 0.2) is 91.0 Å². The number of methoxy groups -OCH3 is 5. The first kappa shape index (κ1) is 111. The summed E-state index contributed by atoms with van der Waals surface area (Å²) in [4.78, 5) is 67.4. The lowest BCUT2D eigenvalue weighted by Gasteiger charge is -2.38. The van der Waals surface area contributed by atoms with Gasteiger partial charge >= 0.3 is 29.8 Å². The Kier molecular flexibility index (Phi) is 43.2. The second kappa shape index (κ2) is 46.5. The first-order valence-corrected chi connectivity index (χ1v) is 40.2. The number of carbonyl (C=O) groups is 5. The quantitative estimate of drug-likeness (QED) is 0.0330. The van der Waals surface area contributed by atoms with Gasteiger partial charge in [-0.05, 0) is 121 Å². The molecule has 23 nitrogen and oxygen atoms in total. The van der Waals surface area contributed by atoms with E-state index in [1.807, 2.05) is 77.1 Å². The zero-order chi connectivity index (χ0) is 85.8. The number of esters is 4. The van der Waals surface area contributed by atoms with Crippen LogP contribution in [0, 0.1) is 87.8 Å². The molecule has 0 saturated carbocycles. The van der Waals surface area contributed by atoms with Crippen LogP contribution >= 0.6 is 62.0 Å². The van der Waals surface area contributed by atoms with Crippen LogP contribution in [0.25, 0.3) is 0 Å². The normalized spacial score (nSPS) is 21.6. The molecular weight excluding hydrogens is 1730 g/mol. The summed E-state index contributed by atoms with van der Waals surface area (Å²) in [5.41, 5.74) is -0.736. The number of carboxylic acids is 1. The minimum atomic E-state index is -3.38. The lowest BCUT2D eigenvalue weighted by Crippen LogP contribution is -2.52. The molecule has 5 aliphatic rings. The highest BCUT2D eigenvalue weighted by Crippen LogP contribution is 2.43. The zero-order valence-electron chi connectivity index (χ0n) is 69.4. The first-order valence-electron chi connectivity index (χ1n) is 36.5. The summed E-state index contributed by atoms with van der Waals surface area (Å²) in [6.45, 7) is 19.2. The Morgan fingerprint density at radius 1 is 0.412 bits per heavy atom. The molecule has 0 radical (unpaired) electrons. The van der Waals surface area contributed by atoms with Gasteiger partial charge in [-0.1, -0.05) is 30.3 Å². The monoisotopic (exact) mass is 1840 g/mol. The van der Waals surface area contributed by atoms with Gasteiger partial charge in [0.15, 0.2) is 0 Å². The van der Waals surface area contributed by atoms with Crippen molar-refractivity contribution < 1.29 is 114 Å². The predicted octanol–water partition coefficient (Wildman–Crippen LogP) is 11.8. The summed E-state index contributed by atoms with van der Waals surface area (Å²) < 4.78 is 210. The summed E-state index contributed by atoms with van der Waals surface area (Å²) in [6, 6.07) is 16.8. The molecule has 0 spiro atoms. The molecule has 5 fully saturated rings. The smallest absolute Gasteiger partial charge is 0.310 e. The van der Waals surface area contributed by atoms with E-state index in [0.717, 1.165) is 55.0 Å². The number of carbonyl (C=O) groups excluding carboxylic acids is 4. The maximum Gasteiger partial charge on any atom is 0.310 e. The third-order valence-corrected chi connectivity index (χ3v) is 24.9. The summed E-state index contributed by atoms with van der Waals surface area (Å²) in [6.07, 6.45) is 2.23. The van der Waals surface area contributed by atoms with E-state index >= 15 is 0 Å². The second-order valence-electron chi connectivity index (χ2n) is 31.2. The van der Waals surface area contributed by atoms with Crippen LogP contribution in [0.1, 0.15) is 113 Å². The van der Waals surface area contributed by atoms with E-state index in [9.17, 15) is 89.8 Å². The number of ether oxygens (including phenoxy) is 5. The van der Waals surface area contributed by atoms with Gasteiger partial charge in [0.2, 0.25) is 20.0 Å². The molecule has 5 aromatic rings. The SMILES string of the molecule is CN(CC(C)(C)N1C[C@@H](C(=O)O)[C@H](c2ccc(F)cc2F)C1)S(C)(=O)=O.CNC(C)(C)N1C[C@@H](C(=O)OC)[C@H](c2ccc(F)cc2F)C1.COC(=O)[C@@H]1CN(C(C)(C)CN(C)S(C)(=O)=O)C[C@H]1c1ccc(F)cc1F.COC(=O)[C@@H]1CN(C(C)(C)OC)C[C@H]1c1ccc(F)cc1F.COC(=O)[C@@H]1CNC[C@H]1c1ccc(F)cc1F.Cl.Cl.Cl.Cl.Cl. The molecule has 0 unspecified atom stereocenters. The summed E-state index contributed by atoms with van der Waals surface area (Å²) in [7, 11) is 4.82. The summed E-state index contributed by atoms with van der Waals surface area (Å²) >= 11 is 0.